The van der Waals surface area contributed by atoms with Gasteiger partial charge in [0.2, 0.25) is 0 Å². The minimum absolute atomic E-state index is 0.983. The highest BCUT2D eigenvalue weighted by Gasteiger charge is 1.95. The van der Waals surface area contributed by atoms with Crippen LogP contribution in [0.1, 0.15) is 30.5 Å². The Bertz CT molecular complexity index is 471. The van der Waals surface area contributed by atoms with Gasteiger partial charge in [0.05, 0.1) is 0 Å². The summed E-state index contributed by atoms with van der Waals surface area (Å²) in [6.45, 7) is 6.23. The van der Waals surface area contributed by atoms with Crippen LogP contribution in [0, 0.1) is 6.92 Å². The number of benzene rings is 1. The predicted octanol–water partition coefficient (Wildman–Crippen LogP) is 5.26. The molecule has 0 atom stereocenters. The number of aryl methyl sites for hydroxylation is 1. The van der Waals surface area contributed by atoms with Crippen LogP contribution in [0.5, 0.6) is 0 Å². The molecule has 0 amide bonds. The van der Waals surface area contributed by atoms with Crippen LogP contribution in [-0.2, 0) is 6.42 Å². The molecule has 0 spiro atoms. The van der Waals surface area contributed by atoms with Crippen molar-refractivity contribution in [2.45, 2.75) is 27.2 Å². The highest BCUT2D eigenvalue weighted by atomic mass is 14.0. The summed E-state index contributed by atoms with van der Waals surface area (Å²) in [7, 11) is 0. The van der Waals surface area contributed by atoms with Gasteiger partial charge in [-0.15, -0.1) is 0 Å². The summed E-state index contributed by atoms with van der Waals surface area (Å²) in [6.07, 6.45) is 17.6. The number of rotatable bonds is 5. The molecule has 1 aromatic carbocycles. The summed E-state index contributed by atoms with van der Waals surface area (Å²) in [5.74, 6) is 0. The number of hydrogen-bond donors (Lipinski definition) is 0. The first kappa shape index (κ1) is 14.2. The molecule has 0 unspecified atom stereocenters. The van der Waals surface area contributed by atoms with Gasteiger partial charge in [-0.1, -0.05) is 66.8 Å². The Morgan fingerprint density at radius 1 is 0.944 bits per heavy atom. The standard InChI is InChI=1S/C18H22/c1-4-6-7-8-9-10-12-17-13-14-18(11-5-2)16(3)15-17/h4-11,13-15H,12H2,1-3H3/b6-4-,8-7-,10-9-,11-5-. The molecule has 0 saturated heterocycles. The zero-order valence-corrected chi connectivity index (χ0v) is 11.6. The summed E-state index contributed by atoms with van der Waals surface area (Å²) in [6, 6.07) is 6.64. The first-order chi connectivity index (χ1) is 8.77. The molecule has 0 bridgehead atoms. The first-order valence-electron chi connectivity index (χ1n) is 6.44. The van der Waals surface area contributed by atoms with Gasteiger partial charge in [-0.3, -0.25) is 0 Å². The van der Waals surface area contributed by atoms with Gasteiger partial charge in [0.1, 0.15) is 0 Å². The van der Waals surface area contributed by atoms with Gasteiger partial charge in [-0.05, 0) is 43.9 Å². The van der Waals surface area contributed by atoms with Crippen LogP contribution in [-0.4, -0.2) is 0 Å². The van der Waals surface area contributed by atoms with Gasteiger partial charge in [0.25, 0.3) is 0 Å². The van der Waals surface area contributed by atoms with Crippen LogP contribution in [0.2, 0.25) is 0 Å². The molecule has 0 fully saturated rings. The van der Waals surface area contributed by atoms with Crippen molar-refractivity contribution in [1.29, 1.82) is 0 Å². The van der Waals surface area contributed by atoms with Crippen molar-refractivity contribution in [2.24, 2.45) is 0 Å². The second-order valence-electron chi connectivity index (χ2n) is 4.23. The second kappa shape index (κ2) is 8.30. The van der Waals surface area contributed by atoms with E-state index in [9.17, 15) is 0 Å². The molecule has 0 aromatic heterocycles. The van der Waals surface area contributed by atoms with Crippen molar-refractivity contribution in [3.8, 4) is 0 Å². The van der Waals surface area contributed by atoms with E-state index in [-0.39, 0.29) is 0 Å². The molecule has 0 nitrogen and oxygen atoms in total. The fourth-order valence-electron chi connectivity index (χ4n) is 1.75. The van der Waals surface area contributed by atoms with E-state index in [1.165, 1.54) is 16.7 Å². The molecule has 0 N–H and O–H groups in total. The lowest BCUT2D eigenvalue weighted by molar-refractivity contribution is 1.24. The molecule has 0 radical (unpaired) electrons. The lowest BCUT2D eigenvalue weighted by Crippen LogP contribution is -1.86. The van der Waals surface area contributed by atoms with Crippen LogP contribution >= 0.6 is 0 Å². The van der Waals surface area contributed by atoms with Crippen molar-refractivity contribution in [1.82, 2.24) is 0 Å². The minimum atomic E-state index is 0.983. The minimum Gasteiger partial charge on any atom is -0.0877 e. The van der Waals surface area contributed by atoms with E-state index in [1.807, 2.05) is 32.1 Å². The summed E-state index contributed by atoms with van der Waals surface area (Å²) in [5.41, 5.74) is 4.00. The van der Waals surface area contributed by atoms with Crippen LogP contribution in [0.3, 0.4) is 0 Å². The summed E-state index contributed by atoms with van der Waals surface area (Å²) in [5, 5.41) is 0. The molecular weight excluding hydrogens is 216 g/mol. The molecule has 0 aliphatic heterocycles. The molecule has 18 heavy (non-hydrogen) atoms. The molecule has 94 valence electrons. The molecule has 0 saturated carbocycles. The molecule has 1 aromatic rings. The van der Waals surface area contributed by atoms with E-state index in [0.717, 1.165) is 6.42 Å². The maximum Gasteiger partial charge on any atom is -0.00942 e. The maximum atomic E-state index is 2.26. The quantitative estimate of drug-likeness (QED) is 0.614. The van der Waals surface area contributed by atoms with Crippen molar-refractivity contribution in [3.63, 3.8) is 0 Å². The molecule has 1 rings (SSSR count). The fourth-order valence-corrected chi connectivity index (χ4v) is 1.75. The smallest absolute Gasteiger partial charge is 0.00942 e. The SMILES string of the molecule is C\C=C/C=C\C=C/Cc1ccc(/C=C\C)c(C)c1. The largest absolute Gasteiger partial charge is 0.0877 e. The average Bonchev–Trinajstić information content (AvgIpc) is 2.37. The van der Waals surface area contributed by atoms with E-state index < -0.39 is 0 Å². The van der Waals surface area contributed by atoms with Crippen molar-refractivity contribution < 1.29 is 0 Å². The van der Waals surface area contributed by atoms with Gasteiger partial charge in [0, 0.05) is 0 Å². The van der Waals surface area contributed by atoms with Gasteiger partial charge in [-0.2, -0.15) is 0 Å². The molecular formula is C18H22. The first-order valence-corrected chi connectivity index (χ1v) is 6.44. The van der Waals surface area contributed by atoms with E-state index >= 15 is 0 Å². The highest BCUT2D eigenvalue weighted by molar-refractivity contribution is 5.54. The topological polar surface area (TPSA) is 0 Å². The van der Waals surface area contributed by atoms with E-state index in [1.54, 1.807) is 0 Å². The monoisotopic (exact) mass is 238 g/mol. The number of allylic oxidation sites excluding steroid dienone is 7. The van der Waals surface area contributed by atoms with Gasteiger partial charge < -0.3 is 0 Å². The Balaban J connectivity index is 2.61. The van der Waals surface area contributed by atoms with E-state index in [2.05, 4.69) is 55.5 Å². The summed E-state index contributed by atoms with van der Waals surface area (Å²) < 4.78 is 0. The fraction of sp³-hybridized carbons (Fsp3) is 0.222. The summed E-state index contributed by atoms with van der Waals surface area (Å²) in [4.78, 5) is 0. The molecule has 0 heterocycles. The Morgan fingerprint density at radius 3 is 2.39 bits per heavy atom. The number of hydrogen-bond acceptors (Lipinski definition) is 0. The molecule has 0 heteroatoms. The van der Waals surface area contributed by atoms with Gasteiger partial charge in [0.15, 0.2) is 0 Å². The zero-order chi connectivity index (χ0) is 13.2. The zero-order valence-electron chi connectivity index (χ0n) is 11.6. The van der Waals surface area contributed by atoms with Crippen LogP contribution in [0.15, 0.2) is 60.7 Å². The molecule has 0 aliphatic carbocycles. The normalized spacial score (nSPS) is 12.6. The summed E-state index contributed by atoms with van der Waals surface area (Å²) >= 11 is 0. The third-order valence-electron chi connectivity index (χ3n) is 2.70. The van der Waals surface area contributed by atoms with Crippen molar-refractivity contribution in [3.05, 3.63) is 77.4 Å². The Labute approximate surface area is 111 Å². The molecule has 0 aliphatic rings. The van der Waals surface area contributed by atoms with E-state index in [4.69, 9.17) is 0 Å². The third-order valence-corrected chi connectivity index (χ3v) is 2.70. The van der Waals surface area contributed by atoms with Crippen LogP contribution in [0.4, 0.5) is 0 Å². The van der Waals surface area contributed by atoms with Crippen LogP contribution < -0.4 is 0 Å². The second-order valence-corrected chi connectivity index (χ2v) is 4.23. The van der Waals surface area contributed by atoms with Crippen LogP contribution in [0.25, 0.3) is 6.08 Å². The predicted molar refractivity (Wildman–Crippen MR) is 82.7 cm³/mol. The Morgan fingerprint density at radius 2 is 1.72 bits per heavy atom. The van der Waals surface area contributed by atoms with E-state index in [0.29, 0.717) is 0 Å². The average molecular weight is 238 g/mol. The third kappa shape index (κ3) is 5.01. The Hall–Kier alpha value is -1.82. The maximum absolute atomic E-state index is 2.26. The lowest BCUT2D eigenvalue weighted by Gasteiger charge is -2.03. The van der Waals surface area contributed by atoms with Gasteiger partial charge >= 0.3 is 0 Å². The van der Waals surface area contributed by atoms with Gasteiger partial charge in [-0.25, -0.2) is 0 Å². The highest BCUT2D eigenvalue weighted by Crippen LogP contribution is 2.13. The van der Waals surface area contributed by atoms with Crippen molar-refractivity contribution >= 4 is 6.08 Å². The van der Waals surface area contributed by atoms with Crippen molar-refractivity contribution in [2.75, 3.05) is 0 Å². The lowest BCUT2D eigenvalue weighted by atomic mass is 10.0. The Kier molecular flexibility index (Phi) is 6.56.